The molecular weight excluding hydrogens is 552 g/mol. The zero-order valence-electron chi connectivity index (χ0n) is 24.9. The van der Waals surface area contributed by atoms with Crippen LogP contribution in [-0.4, -0.2) is 45.9 Å². The van der Waals surface area contributed by atoms with E-state index in [1.165, 1.54) is 23.3 Å². The van der Waals surface area contributed by atoms with Gasteiger partial charge in [0.25, 0.3) is 11.8 Å². The number of methoxy groups -OCH3 is 1. The summed E-state index contributed by atoms with van der Waals surface area (Å²) in [6.07, 6.45) is 11.1. The van der Waals surface area contributed by atoms with Crippen LogP contribution in [0.4, 0.5) is 5.95 Å². The lowest BCUT2D eigenvalue weighted by Crippen LogP contribution is -2.45. The number of hydrogen-bond donors (Lipinski definition) is 1. The average Bonchev–Trinajstić information content (AvgIpc) is 3.67. The number of carbonyl (C=O) groups is 2. The summed E-state index contributed by atoms with van der Waals surface area (Å²) in [6.45, 7) is 0. The van der Waals surface area contributed by atoms with E-state index in [-0.39, 0.29) is 35.3 Å². The van der Waals surface area contributed by atoms with Crippen LogP contribution in [0.15, 0.2) is 79.1 Å². The molecule has 2 aliphatic carbocycles. The topological polar surface area (TPSA) is 108 Å². The fraction of sp³-hybridized carbons (Fsp3) is 0.333. The van der Waals surface area contributed by atoms with Gasteiger partial charge in [0.05, 0.1) is 24.3 Å². The number of nitrogens with zero attached hydrogens (tertiary/aromatic N) is 3. The zero-order valence-corrected chi connectivity index (χ0v) is 24.9. The second-order valence-electron chi connectivity index (χ2n) is 12.1. The number of aromatic nitrogens is 2. The van der Waals surface area contributed by atoms with Gasteiger partial charge in [0.2, 0.25) is 5.95 Å². The molecule has 2 fully saturated rings. The molecule has 4 aromatic rings. The maximum absolute atomic E-state index is 13.3. The highest BCUT2D eigenvalue weighted by Crippen LogP contribution is 2.49. The van der Waals surface area contributed by atoms with Gasteiger partial charge in [-0.3, -0.25) is 14.5 Å². The summed E-state index contributed by atoms with van der Waals surface area (Å²) >= 11 is 0. The summed E-state index contributed by atoms with van der Waals surface area (Å²) in [5, 5.41) is 0. The van der Waals surface area contributed by atoms with E-state index in [2.05, 4.69) is 46.4 Å². The fourth-order valence-electron chi connectivity index (χ4n) is 7.36. The first-order valence-electron chi connectivity index (χ1n) is 15.5. The van der Waals surface area contributed by atoms with Gasteiger partial charge in [-0.2, -0.15) is 0 Å². The lowest BCUT2D eigenvalue weighted by atomic mass is 9.64. The molecule has 224 valence electrons. The van der Waals surface area contributed by atoms with E-state index in [9.17, 15) is 9.59 Å². The molecule has 0 spiro atoms. The van der Waals surface area contributed by atoms with Crippen LogP contribution in [0.2, 0.25) is 0 Å². The van der Waals surface area contributed by atoms with Crippen LogP contribution in [-0.2, 0) is 5.41 Å². The second-order valence-corrected chi connectivity index (χ2v) is 12.1. The molecule has 0 radical (unpaired) electrons. The highest BCUT2D eigenvalue weighted by molar-refractivity contribution is 6.21. The van der Waals surface area contributed by atoms with Crippen molar-refractivity contribution in [3.05, 3.63) is 101 Å². The number of nitrogens with two attached hydrogens (primary N) is 1. The van der Waals surface area contributed by atoms with Crippen molar-refractivity contribution in [3.63, 3.8) is 0 Å². The summed E-state index contributed by atoms with van der Waals surface area (Å²) < 4.78 is 12.2. The van der Waals surface area contributed by atoms with Crippen molar-refractivity contribution in [1.82, 2.24) is 14.9 Å². The maximum Gasteiger partial charge on any atom is 0.261 e. The SMILES string of the molecule is COc1ccc([C@]2(c3ccc(-c4cnc(N)nc4)cc3)CC[C@@H](N3C(=O)c4ccccc4C3=O)CC2)cc1OC1CCCC1. The number of amides is 2. The lowest BCUT2D eigenvalue weighted by Gasteiger charge is -2.43. The standard InChI is InChI=1S/C36H36N4O4/c1-43-31-15-14-26(20-32(31)44-28-6-2-3-7-28)36(25-12-10-23(11-13-25)24-21-38-35(37)39-22-24)18-16-27(17-19-36)40-33(41)29-8-4-5-9-30(29)34(40)42/h4-5,8-15,20-22,27-28H,2-3,6-7,16-19H2,1H3,(H2,37,38,39)/t27-,36-. The largest absolute Gasteiger partial charge is 0.493 e. The molecule has 2 heterocycles. The third-order valence-electron chi connectivity index (χ3n) is 9.75. The number of fused-ring (bicyclic) bond motifs is 1. The third kappa shape index (κ3) is 4.88. The van der Waals surface area contributed by atoms with Crippen molar-refractivity contribution >= 4 is 17.8 Å². The lowest BCUT2D eigenvalue weighted by molar-refractivity contribution is 0.0527. The molecule has 3 aromatic carbocycles. The van der Waals surface area contributed by atoms with Gasteiger partial charge in [-0.25, -0.2) is 9.97 Å². The van der Waals surface area contributed by atoms with Gasteiger partial charge in [0.1, 0.15) is 0 Å². The molecule has 2 N–H and O–H groups in total. The number of rotatable bonds is 7. The van der Waals surface area contributed by atoms with Crippen molar-refractivity contribution in [2.75, 3.05) is 12.8 Å². The predicted octanol–water partition coefficient (Wildman–Crippen LogP) is 6.58. The van der Waals surface area contributed by atoms with Crippen LogP contribution in [0, 0.1) is 0 Å². The minimum absolute atomic E-state index is 0.158. The summed E-state index contributed by atoms with van der Waals surface area (Å²) in [6, 6.07) is 21.8. The van der Waals surface area contributed by atoms with Crippen LogP contribution in [0.25, 0.3) is 11.1 Å². The van der Waals surface area contributed by atoms with Crippen LogP contribution >= 0.6 is 0 Å². The summed E-state index contributed by atoms with van der Waals surface area (Å²) in [4.78, 5) is 36.5. The van der Waals surface area contributed by atoms with Gasteiger partial charge in [-0.1, -0.05) is 42.5 Å². The Morgan fingerprint density at radius 1 is 0.773 bits per heavy atom. The second kappa shape index (κ2) is 11.4. The average molecular weight is 589 g/mol. The van der Waals surface area contributed by atoms with E-state index in [4.69, 9.17) is 15.2 Å². The number of carbonyl (C=O) groups excluding carboxylic acids is 2. The van der Waals surface area contributed by atoms with E-state index in [0.717, 1.165) is 53.9 Å². The van der Waals surface area contributed by atoms with Crippen LogP contribution in [0.5, 0.6) is 11.5 Å². The molecule has 0 unspecified atom stereocenters. The van der Waals surface area contributed by atoms with E-state index in [1.807, 2.05) is 18.2 Å². The molecule has 0 saturated heterocycles. The molecule has 1 aliphatic heterocycles. The number of anilines is 1. The Hall–Kier alpha value is -4.72. The van der Waals surface area contributed by atoms with Crippen LogP contribution in [0.3, 0.4) is 0 Å². The van der Waals surface area contributed by atoms with E-state index >= 15 is 0 Å². The number of imide groups is 1. The van der Waals surface area contributed by atoms with E-state index in [1.54, 1.807) is 31.6 Å². The van der Waals surface area contributed by atoms with Gasteiger partial charge in [0, 0.05) is 29.4 Å². The Bertz CT molecular complexity index is 1650. The highest BCUT2D eigenvalue weighted by Gasteiger charge is 2.45. The highest BCUT2D eigenvalue weighted by atomic mass is 16.5. The first-order valence-corrected chi connectivity index (χ1v) is 15.5. The predicted molar refractivity (Wildman–Crippen MR) is 168 cm³/mol. The normalized spacial score (nSPS) is 21.8. The molecule has 2 amide bonds. The Labute approximate surface area is 257 Å². The van der Waals surface area contributed by atoms with E-state index < -0.39 is 0 Å². The summed E-state index contributed by atoms with van der Waals surface area (Å²) in [5.74, 6) is 1.38. The fourth-order valence-corrected chi connectivity index (χ4v) is 7.36. The Morgan fingerprint density at radius 3 is 2.00 bits per heavy atom. The van der Waals surface area contributed by atoms with Crippen molar-refractivity contribution in [2.45, 2.75) is 68.9 Å². The summed E-state index contributed by atoms with van der Waals surface area (Å²) in [7, 11) is 1.68. The molecule has 8 nitrogen and oxygen atoms in total. The van der Waals surface area contributed by atoms with Crippen LogP contribution < -0.4 is 15.2 Å². The molecule has 3 aliphatic rings. The maximum atomic E-state index is 13.3. The first kappa shape index (κ1) is 28.1. The number of nitrogen functional groups attached to an aromatic ring is 1. The zero-order chi connectivity index (χ0) is 30.3. The van der Waals surface area contributed by atoms with Crippen molar-refractivity contribution in [1.29, 1.82) is 0 Å². The Kier molecular flexibility index (Phi) is 7.28. The third-order valence-corrected chi connectivity index (χ3v) is 9.75. The van der Waals surface area contributed by atoms with Gasteiger partial charge < -0.3 is 15.2 Å². The molecule has 7 rings (SSSR count). The van der Waals surface area contributed by atoms with Gasteiger partial charge in [0.15, 0.2) is 11.5 Å². The van der Waals surface area contributed by atoms with Gasteiger partial charge in [-0.05, 0) is 92.3 Å². The molecular formula is C36H36N4O4. The van der Waals surface area contributed by atoms with E-state index in [0.29, 0.717) is 24.0 Å². The Balaban J connectivity index is 1.23. The molecule has 2 saturated carbocycles. The van der Waals surface area contributed by atoms with Gasteiger partial charge in [-0.15, -0.1) is 0 Å². The molecule has 44 heavy (non-hydrogen) atoms. The summed E-state index contributed by atoms with van der Waals surface area (Å²) in [5.41, 5.74) is 10.6. The van der Waals surface area contributed by atoms with Gasteiger partial charge >= 0.3 is 0 Å². The number of benzene rings is 3. The van der Waals surface area contributed by atoms with Crippen molar-refractivity contribution in [3.8, 4) is 22.6 Å². The van der Waals surface area contributed by atoms with Crippen molar-refractivity contribution < 1.29 is 19.1 Å². The molecule has 1 aromatic heterocycles. The number of ether oxygens (including phenoxy) is 2. The molecule has 0 bridgehead atoms. The minimum Gasteiger partial charge on any atom is -0.493 e. The number of hydrogen-bond acceptors (Lipinski definition) is 7. The Morgan fingerprint density at radius 2 is 1.39 bits per heavy atom. The molecule has 0 atom stereocenters. The quantitative estimate of drug-likeness (QED) is 0.243. The monoisotopic (exact) mass is 588 g/mol. The minimum atomic E-state index is -0.342. The first-order chi connectivity index (χ1) is 21.5. The van der Waals surface area contributed by atoms with Crippen LogP contribution in [0.1, 0.15) is 83.2 Å². The van der Waals surface area contributed by atoms with Crippen molar-refractivity contribution in [2.24, 2.45) is 0 Å². The smallest absolute Gasteiger partial charge is 0.261 e. The molecule has 8 heteroatoms.